The van der Waals surface area contributed by atoms with Gasteiger partial charge in [-0.1, -0.05) is 12.8 Å². The molecule has 1 atom stereocenters. The number of amides is 1. The quantitative estimate of drug-likeness (QED) is 0.753. The van der Waals surface area contributed by atoms with Gasteiger partial charge in [-0.05, 0) is 32.1 Å². The highest BCUT2D eigenvalue weighted by molar-refractivity contribution is 5.80. The molecule has 1 amide bonds. The highest BCUT2D eigenvalue weighted by Gasteiger charge is 2.32. The van der Waals surface area contributed by atoms with Gasteiger partial charge >= 0.3 is 0 Å². The Hall–Kier alpha value is -0.610. The highest BCUT2D eigenvalue weighted by atomic mass is 16.5. The number of rotatable bonds is 3. The summed E-state index contributed by atoms with van der Waals surface area (Å²) in [6.45, 7) is 1.32. The standard InChI is InChI=1S/C12H22N2O2/c13-12(6-2-3-7-12)9-16-10-5-1-4-8-14-11(10)15/h10H,1-9,13H2,(H,14,15). The van der Waals surface area contributed by atoms with Gasteiger partial charge in [-0.15, -0.1) is 0 Å². The summed E-state index contributed by atoms with van der Waals surface area (Å²) in [5.74, 6) is 0.0408. The Morgan fingerprint density at radius 3 is 2.81 bits per heavy atom. The summed E-state index contributed by atoms with van der Waals surface area (Å²) in [5, 5.41) is 2.88. The van der Waals surface area contributed by atoms with Gasteiger partial charge in [-0.3, -0.25) is 4.79 Å². The van der Waals surface area contributed by atoms with E-state index >= 15 is 0 Å². The minimum absolute atomic E-state index is 0.0408. The molecule has 3 N–H and O–H groups in total. The van der Waals surface area contributed by atoms with E-state index in [-0.39, 0.29) is 17.6 Å². The second-order valence-corrected chi connectivity index (χ2v) is 5.16. The molecule has 4 heteroatoms. The fourth-order valence-corrected chi connectivity index (χ4v) is 2.56. The molecule has 92 valence electrons. The van der Waals surface area contributed by atoms with E-state index in [1.165, 1.54) is 12.8 Å². The van der Waals surface area contributed by atoms with E-state index in [1.54, 1.807) is 0 Å². The van der Waals surface area contributed by atoms with Crippen LogP contribution in [-0.2, 0) is 9.53 Å². The van der Waals surface area contributed by atoms with Crippen LogP contribution in [0.2, 0.25) is 0 Å². The monoisotopic (exact) mass is 226 g/mol. The van der Waals surface area contributed by atoms with Gasteiger partial charge in [0.15, 0.2) is 0 Å². The zero-order valence-corrected chi connectivity index (χ0v) is 9.84. The first-order valence-corrected chi connectivity index (χ1v) is 6.38. The molecule has 2 rings (SSSR count). The number of nitrogens with two attached hydrogens (primary N) is 1. The Kier molecular flexibility index (Phi) is 3.82. The molecule has 1 saturated heterocycles. The number of carbonyl (C=O) groups is 1. The lowest BCUT2D eigenvalue weighted by Gasteiger charge is -2.25. The van der Waals surface area contributed by atoms with Crippen molar-refractivity contribution in [3.63, 3.8) is 0 Å². The average Bonchev–Trinajstić information content (AvgIpc) is 2.58. The number of carbonyl (C=O) groups excluding carboxylic acids is 1. The third-order valence-corrected chi connectivity index (χ3v) is 3.66. The predicted molar refractivity (Wildman–Crippen MR) is 62.0 cm³/mol. The first-order valence-electron chi connectivity index (χ1n) is 6.38. The molecular weight excluding hydrogens is 204 g/mol. The summed E-state index contributed by atoms with van der Waals surface area (Å²) in [5.41, 5.74) is 6.03. The molecule has 1 aliphatic heterocycles. The molecule has 0 aromatic carbocycles. The number of nitrogens with one attached hydrogen (secondary N) is 1. The molecule has 0 radical (unpaired) electrons. The molecule has 2 aliphatic rings. The van der Waals surface area contributed by atoms with E-state index in [0.717, 1.165) is 38.6 Å². The Bertz CT molecular complexity index is 249. The van der Waals surface area contributed by atoms with Crippen molar-refractivity contribution >= 4 is 5.91 Å². The summed E-state index contributed by atoms with van der Waals surface area (Å²) in [6, 6.07) is 0. The zero-order valence-electron chi connectivity index (χ0n) is 9.84. The van der Waals surface area contributed by atoms with Crippen molar-refractivity contribution in [1.29, 1.82) is 0 Å². The normalized spacial score (nSPS) is 29.8. The van der Waals surface area contributed by atoms with Gasteiger partial charge in [0.1, 0.15) is 6.10 Å². The van der Waals surface area contributed by atoms with Gasteiger partial charge in [-0.2, -0.15) is 0 Å². The minimum atomic E-state index is -0.275. The first kappa shape index (κ1) is 11.9. The molecule has 16 heavy (non-hydrogen) atoms. The summed E-state index contributed by atoms with van der Waals surface area (Å²) in [6.07, 6.45) is 7.11. The van der Waals surface area contributed by atoms with Gasteiger partial charge in [-0.25, -0.2) is 0 Å². The van der Waals surface area contributed by atoms with Crippen LogP contribution < -0.4 is 11.1 Å². The summed E-state index contributed by atoms with van der Waals surface area (Å²) >= 11 is 0. The van der Waals surface area contributed by atoms with E-state index in [0.29, 0.717) is 6.61 Å². The lowest BCUT2D eigenvalue weighted by Crippen LogP contribution is -2.45. The van der Waals surface area contributed by atoms with Gasteiger partial charge in [0.25, 0.3) is 0 Å². The van der Waals surface area contributed by atoms with Crippen LogP contribution in [0.1, 0.15) is 44.9 Å². The molecule has 2 fully saturated rings. The number of hydrogen-bond acceptors (Lipinski definition) is 3. The fraction of sp³-hybridized carbons (Fsp3) is 0.917. The summed E-state index contributed by atoms with van der Waals surface area (Å²) < 4.78 is 5.73. The fourth-order valence-electron chi connectivity index (χ4n) is 2.56. The molecule has 1 heterocycles. The van der Waals surface area contributed by atoms with Crippen molar-refractivity contribution in [3.05, 3.63) is 0 Å². The first-order chi connectivity index (χ1) is 7.70. The number of hydrogen-bond donors (Lipinski definition) is 2. The molecule has 1 saturated carbocycles. The summed E-state index contributed by atoms with van der Waals surface area (Å²) in [7, 11) is 0. The molecule has 0 spiro atoms. The van der Waals surface area contributed by atoms with Crippen molar-refractivity contribution in [2.45, 2.75) is 56.6 Å². The van der Waals surface area contributed by atoms with Crippen molar-refractivity contribution in [1.82, 2.24) is 5.32 Å². The van der Waals surface area contributed by atoms with Crippen LogP contribution in [0.5, 0.6) is 0 Å². The minimum Gasteiger partial charge on any atom is -0.366 e. The predicted octanol–water partition coefficient (Wildman–Crippen LogP) is 0.943. The molecule has 0 aromatic heterocycles. The van der Waals surface area contributed by atoms with E-state index in [4.69, 9.17) is 10.5 Å². The average molecular weight is 226 g/mol. The van der Waals surface area contributed by atoms with Crippen LogP contribution in [0.4, 0.5) is 0 Å². The second-order valence-electron chi connectivity index (χ2n) is 5.16. The Morgan fingerprint density at radius 2 is 2.06 bits per heavy atom. The van der Waals surface area contributed by atoms with Gasteiger partial charge < -0.3 is 15.8 Å². The largest absolute Gasteiger partial charge is 0.366 e. The van der Waals surface area contributed by atoms with E-state index in [1.807, 2.05) is 0 Å². The van der Waals surface area contributed by atoms with Crippen molar-refractivity contribution in [3.8, 4) is 0 Å². The topological polar surface area (TPSA) is 64.3 Å². The molecule has 0 bridgehead atoms. The van der Waals surface area contributed by atoms with Crippen LogP contribution in [-0.4, -0.2) is 30.7 Å². The Balaban J connectivity index is 1.81. The second kappa shape index (κ2) is 5.15. The molecule has 1 unspecified atom stereocenters. The maximum Gasteiger partial charge on any atom is 0.249 e. The van der Waals surface area contributed by atoms with Crippen LogP contribution in [0.25, 0.3) is 0 Å². The van der Waals surface area contributed by atoms with Crippen molar-refractivity contribution in [2.24, 2.45) is 5.73 Å². The van der Waals surface area contributed by atoms with Crippen LogP contribution in [0.15, 0.2) is 0 Å². The van der Waals surface area contributed by atoms with Crippen molar-refractivity contribution in [2.75, 3.05) is 13.2 Å². The van der Waals surface area contributed by atoms with E-state index in [2.05, 4.69) is 5.32 Å². The lowest BCUT2D eigenvalue weighted by molar-refractivity contribution is -0.133. The Morgan fingerprint density at radius 1 is 1.31 bits per heavy atom. The SMILES string of the molecule is NC1(COC2CCCCNC2=O)CCCC1. The van der Waals surface area contributed by atoms with E-state index in [9.17, 15) is 4.79 Å². The van der Waals surface area contributed by atoms with Gasteiger partial charge in [0.2, 0.25) is 5.91 Å². The van der Waals surface area contributed by atoms with Gasteiger partial charge in [0.05, 0.1) is 6.61 Å². The van der Waals surface area contributed by atoms with Gasteiger partial charge in [0, 0.05) is 12.1 Å². The van der Waals surface area contributed by atoms with Crippen LogP contribution >= 0.6 is 0 Å². The van der Waals surface area contributed by atoms with Crippen LogP contribution in [0, 0.1) is 0 Å². The van der Waals surface area contributed by atoms with Crippen molar-refractivity contribution < 1.29 is 9.53 Å². The maximum absolute atomic E-state index is 11.6. The third-order valence-electron chi connectivity index (χ3n) is 3.66. The highest BCUT2D eigenvalue weighted by Crippen LogP contribution is 2.28. The smallest absolute Gasteiger partial charge is 0.249 e. The molecule has 1 aliphatic carbocycles. The molecular formula is C12H22N2O2. The van der Waals surface area contributed by atoms with Crippen LogP contribution in [0.3, 0.4) is 0 Å². The van der Waals surface area contributed by atoms with E-state index < -0.39 is 0 Å². The lowest BCUT2D eigenvalue weighted by atomic mass is 10.0. The third kappa shape index (κ3) is 2.95. The number of ether oxygens (including phenoxy) is 1. The summed E-state index contributed by atoms with van der Waals surface area (Å²) in [4.78, 5) is 11.6. The zero-order chi connectivity index (χ0) is 11.4. The maximum atomic E-state index is 11.6. The molecule has 0 aromatic rings. The molecule has 4 nitrogen and oxygen atoms in total. The Labute approximate surface area is 96.9 Å².